The zero-order valence-corrected chi connectivity index (χ0v) is 7.24. The molecule has 0 spiro atoms. The highest BCUT2D eigenvalue weighted by Gasteiger charge is 2.07. The molecule has 0 amide bonds. The molecule has 0 radical (unpaired) electrons. The van der Waals surface area contributed by atoms with Crippen molar-refractivity contribution in [2.75, 3.05) is 5.75 Å². The van der Waals surface area contributed by atoms with E-state index in [0.29, 0.717) is 0 Å². The van der Waals surface area contributed by atoms with Crippen LogP contribution in [0.15, 0.2) is 9.64 Å². The summed E-state index contributed by atoms with van der Waals surface area (Å²) < 4.78 is 4.93. The predicted molar refractivity (Wildman–Crippen MR) is 42.0 cm³/mol. The minimum atomic E-state index is -0.954. The van der Waals surface area contributed by atoms with Crippen LogP contribution in [-0.4, -0.2) is 27.0 Å². The van der Waals surface area contributed by atoms with Crippen LogP contribution in [0.2, 0.25) is 0 Å². The van der Waals surface area contributed by atoms with Crippen LogP contribution in [0.25, 0.3) is 0 Å². The van der Waals surface area contributed by atoms with Gasteiger partial charge in [0.2, 0.25) is 5.89 Å². The molecule has 7 heteroatoms. The number of carbonyl (C=O) groups is 1. The molecule has 0 atom stereocenters. The number of thioether (sulfide) groups is 1. The number of carboxylic acids is 1. The van der Waals surface area contributed by atoms with E-state index in [4.69, 9.17) is 14.8 Å². The fraction of sp³-hybridized carbons (Fsp3) is 0.333. The van der Waals surface area contributed by atoms with Crippen molar-refractivity contribution in [1.82, 2.24) is 10.2 Å². The summed E-state index contributed by atoms with van der Waals surface area (Å²) in [6, 6.07) is 1.84. The van der Waals surface area contributed by atoms with Gasteiger partial charge in [0, 0.05) is 0 Å². The van der Waals surface area contributed by atoms with E-state index in [1.165, 1.54) is 0 Å². The molecule has 1 aromatic heterocycles. The van der Waals surface area contributed by atoms with Crippen LogP contribution >= 0.6 is 11.8 Å². The summed E-state index contributed by atoms with van der Waals surface area (Å²) >= 11 is 0.926. The van der Waals surface area contributed by atoms with Crippen LogP contribution in [0.5, 0.6) is 0 Å². The predicted octanol–water partition coefficient (Wildman–Crippen LogP) is 0.312. The van der Waals surface area contributed by atoms with E-state index in [1.807, 2.05) is 6.07 Å². The quantitative estimate of drug-likeness (QED) is 0.696. The maximum Gasteiger partial charge on any atom is 0.314 e. The third kappa shape index (κ3) is 3.13. The topological polar surface area (TPSA) is 100 Å². The van der Waals surface area contributed by atoms with E-state index in [9.17, 15) is 4.79 Å². The molecule has 0 aliphatic rings. The molecule has 68 valence electrons. The highest BCUT2D eigenvalue weighted by Crippen LogP contribution is 2.15. The molecule has 0 fully saturated rings. The second-order valence-corrected chi connectivity index (χ2v) is 2.91. The lowest BCUT2D eigenvalue weighted by molar-refractivity contribution is -0.133. The molecule has 1 rings (SSSR count). The van der Waals surface area contributed by atoms with Crippen LogP contribution in [0.1, 0.15) is 5.89 Å². The second-order valence-electron chi connectivity index (χ2n) is 1.98. The summed E-state index contributed by atoms with van der Waals surface area (Å²) in [5.41, 5.74) is 0. The van der Waals surface area contributed by atoms with E-state index >= 15 is 0 Å². The first-order valence-electron chi connectivity index (χ1n) is 3.26. The molecule has 6 nitrogen and oxygen atoms in total. The number of hydrogen-bond donors (Lipinski definition) is 1. The Labute approximate surface area is 77.6 Å². The van der Waals surface area contributed by atoms with E-state index < -0.39 is 5.97 Å². The van der Waals surface area contributed by atoms with Gasteiger partial charge in [-0.1, -0.05) is 11.8 Å². The number of carboxylic acid groups (broad SMARTS) is 1. The van der Waals surface area contributed by atoms with Gasteiger partial charge in [0.05, 0.1) is 6.07 Å². The number of hydrogen-bond acceptors (Lipinski definition) is 6. The lowest BCUT2D eigenvalue weighted by Gasteiger charge is -1.87. The standard InChI is InChI=1S/C6H5N3O3S/c7-2-1-4-8-9-6(12-4)13-3-5(10)11/h1,3H2,(H,10,11). The zero-order valence-electron chi connectivity index (χ0n) is 6.43. The maximum absolute atomic E-state index is 10.1. The smallest absolute Gasteiger partial charge is 0.314 e. The van der Waals surface area contributed by atoms with Gasteiger partial charge in [-0.15, -0.1) is 10.2 Å². The van der Waals surface area contributed by atoms with Crippen molar-refractivity contribution in [1.29, 1.82) is 5.26 Å². The Morgan fingerprint density at radius 2 is 2.46 bits per heavy atom. The fourth-order valence-electron chi connectivity index (χ4n) is 0.559. The molecule has 1 aromatic rings. The molecule has 0 bridgehead atoms. The van der Waals surface area contributed by atoms with Gasteiger partial charge in [0.15, 0.2) is 0 Å². The Bertz CT molecular complexity index is 343. The molecule has 1 heterocycles. The van der Waals surface area contributed by atoms with E-state index in [2.05, 4.69) is 10.2 Å². The Balaban J connectivity index is 2.50. The number of aliphatic carboxylic acids is 1. The van der Waals surface area contributed by atoms with Crippen LogP contribution in [-0.2, 0) is 11.2 Å². The van der Waals surface area contributed by atoms with E-state index in [0.717, 1.165) is 11.8 Å². The minimum absolute atomic E-state index is 0.0423. The van der Waals surface area contributed by atoms with Gasteiger partial charge in [0.1, 0.15) is 12.2 Å². The molecule has 1 N–H and O–H groups in total. The molecule has 0 saturated heterocycles. The van der Waals surface area contributed by atoms with Gasteiger partial charge in [-0.05, 0) is 0 Å². The first-order chi connectivity index (χ1) is 6.22. The van der Waals surface area contributed by atoms with Crippen molar-refractivity contribution in [3.8, 4) is 6.07 Å². The summed E-state index contributed by atoms with van der Waals surface area (Å²) in [5.74, 6) is -0.880. The normalized spacial score (nSPS) is 9.46. The Morgan fingerprint density at radius 3 is 3.08 bits per heavy atom. The van der Waals surface area contributed by atoms with E-state index in [1.54, 1.807) is 0 Å². The summed E-state index contributed by atoms with van der Waals surface area (Å²) in [6.07, 6.45) is 0.0423. The summed E-state index contributed by atoms with van der Waals surface area (Å²) in [4.78, 5) is 10.1. The van der Waals surface area contributed by atoms with Gasteiger partial charge in [-0.2, -0.15) is 5.26 Å². The zero-order chi connectivity index (χ0) is 9.68. The van der Waals surface area contributed by atoms with Crippen molar-refractivity contribution in [3.63, 3.8) is 0 Å². The highest BCUT2D eigenvalue weighted by molar-refractivity contribution is 7.99. The molecule has 13 heavy (non-hydrogen) atoms. The molecular formula is C6H5N3O3S. The fourth-order valence-corrected chi connectivity index (χ4v) is 1.06. The van der Waals surface area contributed by atoms with Gasteiger partial charge >= 0.3 is 5.97 Å². The summed E-state index contributed by atoms with van der Waals surface area (Å²) in [5, 5.41) is 23.8. The summed E-state index contributed by atoms with van der Waals surface area (Å²) in [7, 11) is 0. The average Bonchev–Trinajstić information content (AvgIpc) is 2.50. The molecule has 0 aromatic carbocycles. The Hall–Kier alpha value is -1.55. The molecular weight excluding hydrogens is 194 g/mol. The van der Waals surface area contributed by atoms with Crippen LogP contribution in [0, 0.1) is 11.3 Å². The van der Waals surface area contributed by atoms with Crippen LogP contribution < -0.4 is 0 Å². The van der Waals surface area contributed by atoms with Crippen molar-refractivity contribution in [2.45, 2.75) is 11.6 Å². The minimum Gasteiger partial charge on any atom is -0.481 e. The van der Waals surface area contributed by atoms with Gasteiger partial charge in [0.25, 0.3) is 5.22 Å². The van der Waals surface area contributed by atoms with Gasteiger partial charge in [-0.3, -0.25) is 4.79 Å². The van der Waals surface area contributed by atoms with Gasteiger partial charge < -0.3 is 9.52 Å². The van der Waals surface area contributed by atoms with Crippen molar-refractivity contribution >= 4 is 17.7 Å². The average molecular weight is 199 g/mol. The molecule has 0 aliphatic carbocycles. The number of aromatic nitrogens is 2. The number of nitriles is 1. The largest absolute Gasteiger partial charge is 0.481 e. The molecule has 0 saturated carbocycles. The maximum atomic E-state index is 10.1. The van der Waals surface area contributed by atoms with Crippen molar-refractivity contribution in [2.24, 2.45) is 0 Å². The second kappa shape index (κ2) is 4.47. The van der Waals surface area contributed by atoms with Crippen LogP contribution in [0.3, 0.4) is 0 Å². The molecule has 0 unspecified atom stereocenters. The lowest BCUT2D eigenvalue weighted by atomic mass is 10.5. The van der Waals surface area contributed by atoms with Gasteiger partial charge in [-0.25, -0.2) is 0 Å². The molecule has 0 aliphatic heterocycles. The summed E-state index contributed by atoms with van der Waals surface area (Å²) in [6.45, 7) is 0. The van der Waals surface area contributed by atoms with Crippen LogP contribution in [0.4, 0.5) is 0 Å². The number of nitrogens with zero attached hydrogens (tertiary/aromatic N) is 3. The Kier molecular flexibility index (Phi) is 3.28. The third-order valence-electron chi connectivity index (χ3n) is 0.998. The lowest BCUT2D eigenvalue weighted by Crippen LogP contribution is -1.97. The van der Waals surface area contributed by atoms with Crippen molar-refractivity contribution < 1.29 is 14.3 Å². The first-order valence-corrected chi connectivity index (χ1v) is 4.25. The van der Waals surface area contributed by atoms with Crippen molar-refractivity contribution in [3.05, 3.63) is 5.89 Å². The SMILES string of the molecule is N#CCc1nnc(SCC(=O)O)o1. The monoisotopic (exact) mass is 199 g/mol. The van der Waals surface area contributed by atoms with E-state index in [-0.39, 0.29) is 23.3 Å². The Morgan fingerprint density at radius 1 is 1.69 bits per heavy atom. The number of rotatable bonds is 4. The highest BCUT2D eigenvalue weighted by atomic mass is 32.2. The first kappa shape index (κ1) is 9.54. The third-order valence-corrected chi connectivity index (χ3v) is 1.80.